The Morgan fingerprint density at radius 1 is 0.692 bits per heavy atom. The van der Waals surface area contributed by atoms with E-state index in [1.165, 1.54) is 0 Å². The molecule has 3 heteroatoms. The van der Waals surface area contributed by atoms with Crippen LogP contribution in [0.1, 0.15) is 17.0 Å². The summed E-state index contributed by atoms with van der Waals surface area (Å²) in [6.45, 7) is 0. The van der Waals surface area contributed by atoms with Crippen LogP contribution in [0.5, 0.6) is 0 Å². The molecule has 4 aromatic carbocycles. The largest absolute Gasteiger partial charge is 0.480 e. The van der Waals surface area contributed by atoms with Gasteiger partial charge in [-0.2, -0.15) is 0 Å². The number of benzene rings is 4. The van der Waals surface area contributed by atoms with E-state index in [1.807, 2.05) is 84.9 Å². The molecule has 4 rings (SSSR count). The van der Waals surface area contributed by atoms with E-state index in [0.29, 0.717) is 0 Å². The zero-order chi connectivity index (χ0) is 18.1. The van der Waals surface area contributed by atoms with E-state index in [-0.39, 0.29) is 0 Å². The Morgan fingerprint density at radius 2 is 1.12 bits per heavy atom. The standard InChI is InChI=1S/C23H19NO2/c24-22(23(25)26)21(19-11-9-15-5-1-3-7-17(15)13-19)20-12-10-16-6-2-4-8-18(16)14-20/h1-14,21-22H,24H2,(H,25,26)/t22-/m0/s1. The summed E-state index contributed by atoms with van der Waals surface area (Å²) in [5, 5.41) is 14.0. The highest BCUT2D eigenvalue weighted by molar-refractivity contribution is 5.86. The average molecular weight is 341 g/mol. The molecule has 0 aromatic heterocycles. The maximum atomic E-state index is 11.7. The minimum Gasteiger partial charge on any atom is -0.480 e. The maximum absolute atomic E-state index is 11.7. The van der Waals surface area contributed by atoms with Gasteiger partial charge < -0.3 is 10.8 Å². The first-order chi connectivity index (χ1) is 12.6. The Labute approximate surface area is 151 Å². The van der Waals surface area contributed by atoms with E-state index in [0.717, 1.165) is 32.7 Å². The van der Waals surface area contributed by atoms with Crippen LogP contribution in [-0.2, 0) is 4.79 Å². The fourth-order valence-electron chi connectivity index (χ4n) is 3.55. The molecule has 0 unspecified atom stereocenters. The number of rotatable bonds is 4. The van der Waals surface area contributed by atoms with Gasteiger partial charge in [0.2, 0.25) is 0 Å². The Hall–Kier alpha value is -3.17. The van der Waals surface area contributed by atoms with E-state index in [4.69, 9.17) is 5.73 Å². The van der Waals surface area contributed by atoms with E-state index in [9.17, 15) is 9.90 Å². The lowest BCUT2D eigenvalue weighted by Crippen LogP contribution is -2.37. The van der Waals surface area contributed by atoms with Crippen LogP contribution in [0.4, 0.5) is 0 Å². The van der Waals surface area contributed by atoms with Gasteiger partial charge in [-0.05, 0) is 32.7 Å². The summed E-state index contributed by atoms with van der Waals surface area (Å²) >= 11 is 0. The molecule has 128 valence electrons. The Kier molecular flexibility index (Phi) is 4.15. The van der Waals surface area contributed by atoms with Gasteiger partial charge in [-0.15, -0.1) is 0 Å². The number of hydrogen-bond acceptors (Lipinski definition) is 2. The topological polar surface area (TPSA) is 63.3 Å². The second-order valence-electron chi connectivity index (χ2n) is 6.55. The molecule has 0 fully saturated rings. The highest BCUT2D eigenvalue weighted by Crippen LogP contribution is 2.32. The lowest BCUT2D eigenvalue weighted by molar-refractivity contribution is -0.138. The van der Waals surface area contributed by atoms with Gasteiger partial charge in [-0.25, -0.2) is 0 Å². The number of nitrogens with two attached hydrogens (primary N) is 1. The van der Waals surface area contributed by atoms with Crippen LogP contribution >= 0.6 is 0 Å². The van der Waals surface area contributed by atoms with Crippen LogP contribution in [0, 0.1) is 0 Å². The van der Waals surface area contributed by atoms with Gasteiger partial charge in [0.15, 0.2) is 0 Å². The molecule has 0 heterocycles. The van der Waals surface area contributed by atoms with Crippen molar-refractivity contribution in [2.24, 2.45) is 5.73 Å². The first-order valence-electron chi connectivity index (χ1n) is 8.59. The fraction of sp³-hybridized carbons (Fsp3) is 0.0870. The summed E-state index contributed by atoms with van der Waals surface area (Å²) in [5.41, 5.74) is 7.94. The van der Waals surface area contributed by atoms with Crippen molar-refractivity contribution in [1.82, 2.24) is 0 Å². The van der Waals surface area contributed by atoms with E-state index < -0.39 is 17.9 Å². The van der Waals surface area contributed by atoms with Crippen molar-refractivity contribution >= 4 is 27.5 Å². The summed E-state index contributed by atoms with van der Waals surface area (Å²) in [6, 6.07) is 27.2. The lowest BCUT2D eigenvalue weighted by atomic mass is 9.84. The molecule has 0 amide bonds. The van der Waals surface area contributed by atoms with Gasteiger partial charge in [0.1, 0.15) is 6.04 Å². The first-order valence-corrected chi connectivity index (χ1v) is 8.59. The van der Waals surface area contributed by atoms with Gasteiger partial charge in [0, 0.05) is 5.92 Å². The molecule has 3 nitrogen and oxygen atoms in total. The zero-order valence-corrected chi connectivity index (χ0v) is 14.2. The molecule has 0 spiro atoms. The third-order valence-electron chi connectivity index (χ3n) is 4.91. The molecular weight excluding hydrogens is 322 g/mol. The monoisotopic (exact) mass is 341 g/mol. The smallest absolute Gasteiger partial charge is 0.321 e. The van der Waals surface area contributed by atoms with Crippen LogP contribution < -0.4 is 5.73 Å². The van der Waals surface area contributed by atoms with Gasteiger partial charge in [0.05, 0.1) is 0 Å². The first kappa shape index (κ1) is 16.3. The summed E-state index contributed by atoms with van der Waals surface area (Å²) in [7, 11) is 0. The van der Waals surface area contributed by atoms with Crippen molar-refractivity contribution in [3.8, 4) is 0 Å². The third kappa shape index (κ3) is 2.93. The second kappa shape index (κ2) is 6.62. The van der Waals surface area contributed by atoms with Crippen molar-refractivity contribution in [1.29, 1.82) is 0 Å². The number of carboxylic acids is 1. The molecule has 0 saturated heterocycles. The van der Waals surface area contributed by atoms with Crippen molar-refractivity contribution in [2.75, 3.05) is 0 Å². The molecule has 4 aromatic rings. The zero-order valence-electron chi connectivity index (χ0n) is 14.2. The van der Waals surface area contributed by atoms with Gasteiger partial charge >= 0.3 is 5.97 Å². The summed E-state index contributed by atoms with van der Waals surface area (Å²) in [6.07, 6.45) is 0. The fourth-order valence-corrected chi connectivity index (χ4v) is 3.55. The second-order valence-corrected chi connectivity index (χ2v) is 6.55. The molecule has 3 N–H and O–H groups in total. The molecule has 0 aliphatic heterocycles. The van der Waals surface area contributed by atoms with Crippen molar-refractivity contribution < 1.29 is 9.90 Å². The van der Waals surface area contributed by atoms with E-state index in [1.54, 1.807) is 0 Å². The molecule has 1 atom stereocenters. The molecule has 26 heavy (non-hydrogen) atoms. The van der Waals surface area contributed by atoms with Crippen LogP contribution in [0.15, 0.2) is 84.9 Å². The number of fused-ring (bicyclic) bond motifs is 2. The van der Waals surface area contributed by atoms with E-state index >= 15 is 0 Å². The number of carbonyl (C=O) groups is 1. The summed E-state index contributed by atoms with van der Waals surface area (Å²) < 4.78 is 0. The Morgan fingerprint density at radius 3 is 1.54 bits per heavy atom. The highest BCUT2D eigenvalue weighted by Gasteiger charge is 2.27. The van der Waals surface area contributed by atoms with E-state index in [2.05, 4.69) is 0 Å². The maximum Gasteiger partial charge on any atom is 0.321 e. The number of hydrogen-bond donors (Lipinski definition) is 2. The lowest BCUT2D eigenvalue weighted by Gasteiger charge is -2.23. The predicted octanol–water partition coefficient (Wildman–Crippen LogP) is 4.54. The summed E-state index contributed by atoms with van der Waals surface area (Å²) in [5.74, 6) is -1.42. The van der Waals surface area contributed by atoms with Crippen LogP contribution in [0.25, 0.3) is 21.5 Å². The van der Waals surface area contributed by atoms with Crippen LogP contribution in [0.3, 0.4) is 0 Å². The molecule has 0 aliphatic carbocycles. The van der Waals surface area contributed by atoms with Crippen LogP contribution in [0.2, 0.25) is 0 Å². The number of aliphatic carboxylic acids is 1. The Balaban J connectivity index is 1.88. The van der Waals surface area contributed by atoms with Gasteiger partial charge in [-0.3, -0.25) is 4.79 Å². The normalized spacial score (nSPS) is 12.5. The van der Waals surface area contributed by atoms with Crippen LogP contribution in [-0.4, -0.2) is 17.1 Å². The van der Waals surface area contributed by atoms with Gasteiger partial charge in [-0.1, -0.05) is 84.9 Å². The molecule has 0 bridgehead atoms. The Bertz CT molecular complexity index is 1020. The van der Waals surface area contributed by atoms with Gasteiger partial charge in [0.25, 0.3) is 0 Å². The predicted molar refractivity (Wildman–Crippen MR) is 105 cm³/mol. The molecule has 0 radical (unpaired) electrons. The van der Waals surface area contributed by atoms with Crippen molar-refractivity contribution in [2.45, 2.75) is 12.0 Å². The summed E-state index contributed by atoms with van der Waals surface area (Å²) in [4.78, 5) is 11.7. The minimum absolute atomic E-state index is 0.415. The highest BCUT2D eigenvalue weighted by atomic mass is 16.4. The molecule has 0 saturated carbocycles. The molecular formula is C23H19NO2. The minimum atomic E-state index is -1.02. The average Bonchev–Trinajstić information content (AvgIpc) is 2.68. The number of carboxylic acid groups (broad SMARTS) is 1. The van der Waals surface area contributed by atoms with Crippen molar-refractivity contribution in [3.63, 3.8) is 0 Å². The quantitative estimate of drug-likeness (QED) is 0.573. The SMILES string of the molecule is N[C@H](C(=O)O)C(c1ccc2ccccc2c1)c1ccc2ccccc2c1. The third-order valence-corrected chi connectivity index (χ3v) is 4.91. The molecule has 0 aliphatic rings. The van der Waals surface area contributed by atoms with Crippen molar-refractivity contribution in [3.05, 3.63) is 96.1 Å².